The number of benzene rings is 1. The molecule has 4 N–H and O–H groups in total. The molecule has 0 bridgehead atoms. The van der Waals surface area contributed by atoms with E-state index < -0.39 is 5.97 Å². The quantitative estimate of drug-likeness (QED) is 0.259. The summed E-state index contributed by atoms with van der Waals surface area (Å²) in [6, 6.07) is 6.60. The van der Waals surface area contributed by atoms with E-state index in [2.05, 4.69) is 12.3 Å². The maximum absolute atomic E-state index is 11.2. The highest BCUT2D eigenvalue weighted by atomic mass is 16.4. The van der Waals surface area contributed by atoms with Gasteiger partial charge in [0.15, 0.2) is 0 Å². The number of carboxylic acids is 1. The van der Waals surface area contributed by atoms with E-state index in [9.17, 15) is 9.90 Å². The van der Waals surface area contributed by atoms with Gasteiger partial charge in [-0.2, -0.15) is 5.26 Å². The number of nitrogens with two attached hydrogens (primary N) is 1. The van der Waals surface area contributed by atoms with Crippen LogP contribution in [0.4, 0.5) is 5.69 Å². The first-order valence-electron chi connectivity index (χ1n) is 5.95. The Bertz CT molecular complexity index is 730. The number of nitriles is 1. The molecule has 0 aromatic heterocycles. The van der Waals surface area contributed by atoms with Crippen molar-refractivity contribution in [2.75, 3.05) is 5.73 Å². The summed E-state index contributed by atoms with van der Waals surface area (Å²) in [4.78, 5) is 11.2. The van der Waals surface area contributed by atoms with E-state index >= 15 is 0 Å². The van der Waals surface area contributed by atoms with Crippen molar-refractivity contribution in [3.05, 3.63) is 65.1 Å². The van der Waals surface area contributed by atoms with Gasteiger partial charge in [0.05, 0.1) is 5.56 Å². The summed E-state index contributed by atoms with van der Waals surface area (Å²) >= 11 is 0. The number of rotatable bonds is 4. The number of aliphatic hydroxyl groups is 1. The molecule has 0 radical (unpaired) electrons. The molecule has 0 aliphatic heterocycles. The Morgan fingerprint density at radius 3 is 2.57 bits per heavy atom. The molecule has 0 fully saturated rings. The van der Waals surface area contributed by atoms with Gasteiger partial charge in [0.25, 0.3) is 0 Å². The Hall–Kier alpha value is -3.22. The Balaban J connectivity index is 3.43. The molecule has 106 valence electrons. The topological polar surface area (TPSA) is 107 Å². The van der Waals surface area contributed by atoms with Crippen molar-refractivity contribution in [3.63, 3.8) is 0 Å². The van der Waals surface area contributed by atoms with Crippen LogP contribution in [0.15, 0.2) is 54.0 Å². The van der Waals surface area contributed by atoms with E-state index in [-0.39, 0.29) is 16.9 Å². The van der Waals surface area contributed by atoms with Gasteiger partial charge in [-0.15, -0.1) is 5.73 Å². The molecule has 0 aliphatic rings. The van der Waals surface area contributed by atoms with E-state index in [0.29, 0.717) is 16.8 Å². The summed E-state index contributed by atoms with van der Waals surface area (Å²) in [7, 11) is 0. The van der Waals surface area contributed by atoms with Gasteiger partial charge in [-0.25, -0.2) is 4.79 Å². The van der Waals surface area contributed by atoms with Gasteiger partial charge in [0, 0.05) is 11.3 Å². The van der Waals surface area contributed by atoms with Crippen molar-refractivity contribution in [1.82, 2.24) is 0 Å². The smallest absolute Gasteiger partial charge is 0.339 e. The lowest BCUT2D eigenvalue weighted by atomic mass is 10.00. The molecule has 0 saturated carbocycles. The first-order chi connectivity index (χ1) is 9.94. The van der Waals surface area contributed by atoms with Crippen LogP contribution < -0.4 is 5.73 Å². The lowest BCUT2D eigenvalue weighted by molar-refractivity contribution is -0.132. The van der Waals surface area contributed by atoms with Crippen LogP contribution in [0.1, 0.15) is 18.1 Å². The number of aliphatic carboxylic acids is 1. The zero-order valence-electron chi connectivity index (χ0n) is 11.4. The molecule has 5 nitrogen and oxygen atoms in total. The summed E-state index contributed by atoms with van der Waals surface area (Å²) in [6.45, 7) is 5.01. The summed E-state index contributed by atoms with van der Waals surface area (Å²) < 4.78 is 0. The summed E-state index contributed by atoms with van der Waals surface area (Å²) in [6.07, 6.45) is 2.50. The highest BCUT2D eigenvalue weighted by Crippen LogP contribution is 2.22. The van der Waals surface area contributed by atoms with Crippen molar-refractivity contribution >= 4 is 17.2 Å². The minimum absolute atomic E-state index is 0.265. The lowest BCUT2D eigenvalue weighted by Crippen LogP contribution is -2.04. The molecule has 1 rings (SSSR count). The summed E-state index contributed by atoms with van der Waals surface area (Å²) in [5, 5.41) is 27.7. The molecule has 0 amide bonds. The number of carbonyl (C=O) groups is 1. The molecule has 0 atom stereocenters. The fourth-order valence-corrected chi connectivity index (χ4v) is 1.60. The molecule has 1 aromatic rings. The van der Waals surface area contributed by atoms with Gasteiger partial charge in [0.2, 0.25) is 0 Å². The standard InChI is InChI=1S/C16H14N2O3/c1-3-10(8-13(16(20)21)15(19)4-2)11-5-6-14(18)12(7-11)9-17/h4-8,19H,1,18H2,2H3,(H,20,21)/b13-8+,15-4+. The van der Waals surface area contributed by atoms with E-state index in [1.54, 1.807) is 6.07 Å². The van der Waals surface area contributed by atoms with Crippen LogP contribution >= 0.6 is 0 Å². The third kappa shape index (κ3) is 3.63. The molecule has 0 spiro atoms. The van der Waals surface area contributed by atoms with Gasteiger partial charge in [-0.1, -0.05) is 12.6 Å². The maximum atomic E-state index is 11.2. The Morgan fingerprint density at radius 2 is 2.10 bits per heavy atom. The normalized spacial score (nSPS) is 11.4. The number of allylic oxidation sites excluding steroid dienone is 3. The van der Waals surface area contributed by atoms with Crippen molar-refractivity contribution in [2.24, 2.45) is 0 Å². The zero-order chi connectivity index (χ0) is 16.0. The Morgan fingerprint density at radius 1 is 1.43 bits per heavy atom. The third-order valence-corrected chi connectivity index (χ3v) is 2.74. The van der Waals surface area contributed by atoms with Crippen LogP contribution in [0.2, 0.25) is 0 Å². The second-order valence-electron chi connectivity index (χ2n) is 4.04. The van der Waals surface area contributed by atoms with Crippen molar-refractivity contribution < 1.29 is 15.0 Å². The van der Waals surface area contributed by atoms with Gasteiger partial charge in [0.1, 0.15) is 17.4 Å². The second kappa shape index (κ2) is 6.80. The summed E-state index contributed by atoms with van der Waals surface area (Å²) in [5.41, 5.74) is 9.38. The van der Waals surface area contributed by atoms with Crippen LogP contribution in [-0.2, 0) is 4.79 Å². The third-order valence-electron chi connectivity index (χ3n) is 2.74. The SMILES string of the molecule is C=C=C(/C=C(C(=O)O)\C(O)=C/C)c1ccc(N)c(C#N)c1. The van der Waals surface area contributed by atoms with E-state index in [4.69, 9.17) is 16.1 Å². The molecule has 0 aliphatic carbocycles. The highest BCUT2D eigenvalue weighted by Gasteiger charge is 2.13. The number of hydrogen-bond acceptors (Lipinski definition) is 4. The Kier molecular flexibility index (Phi) is 5.13. The highest BCUT2D eigenvalue weighted by molar-refractivity contribution is 5.95. The Labute approximate surface area is 122 Å². The molecule has 0 unspecified atom stereocenters. The number of hydrogen-bond donors (Lipinski definition) is 3. The van der Waals surface area contributed by atoms with Crippen molar-refractivity contribution in [3.8, 4) is 6.07 Å². The minimum atomic E-state index is -1.28. The minimum Gasteiger partial charge on any atom is -0.507 e. The number of carboxylic acid groups (broad SMARTS) is 1. The van der Waals surface area contributed by atoms with E-state index in [1.807, 2.05) is 6.07 Å². The number of anilines is 1. The molecule has 1 aromatic carbocycles. The van der Waals surface area contributed by atoms with Crippen LogP contribution in [0.25, 0.3) is 5.57 Å². The number of aliphatic hydroxyl groups excluding tert-OH is 1. The van der Waals surface area contributed by atoms with Crippen LogP contribution in [0.5, 0.6) is 0 Å². The molecule has 0 saturated heterocycles. The van der Waals surface area contributed by atoms with Gasteiger partial charge in [-0.05, 0) is 36.8 Å². The predicted octanol–water partition coefficient (Wildman–Crippen LogP) is 2.78. The van der Waals surface area contributed by atoms with Gasteiger partial charge < -0.3 is 15.9 Å². The molecular formula is C16H14N2O3. The van der Waals surface area contributed by atoms with E-state index in [1.165, 1.54) is 31.2 Å². The van der Waals surface area contributed by atoms with Gasteiger partial charge in [-0.3, -0.25) is 0 Å². The fraction of sp³-hybridized carbons (Fsp3) is 0.0625. The van der Waals surface area contributed by atoms with Crippen LogP contribution in [0.3, 0.4) is 0 Å². The number of nitrogens with zero attached hydrogens (tertiary/aromatic N) is 1. The van der Waals surface area contributed by atoms with E-state index in [0.717, 1.165) is 0 Å². The zero-order valence-corrected chi connectivity index (χ0v) is 11.4. The largest absolute Gasteiger partial charge is 0.507 e. The van der Waals surface area contributed by atoms with Crippen LogP contribution in [0, 0.1) is 11.3 Å². The molecular weight excluding hydrogens is 268 g/mol. The molecule has 5 heteroatoms. The average Bonchev–Trinajstić information content (AvgIpc) is 2.48. The molecule has 0 heterocycles. The van der Waals surface area contributed by atoms with Gasteiger partial charge >= 0.3 is 5.97 Å². The fourth-order valence-electron chi connectivity index (χ4n) is 1.60. The second-order valence-corrected chi connectivity index (χ2v) is 4.04. The van der Waals surface area contributed by atoms with Crippen LogP contribution in [-0.4, -0.2) is 16.2 Å². The van der Waals surface area contributed by atoms with Crippen molar-refractivity contribution in [2.45, 2.75) is 6.92 Å². The first-order valence-corrected chi connectivity index (χ1v) is 5.95. The van der Waals surface area contributed by atoms with Crippen molar-refractivity contribution in [1.29, 1.82) is 5.26 Å². The monoisotopic (exact) mass is 282 g/mol. The first kappa shape index (κ1) is 15.8. The lowest BCUT2D eigenvalue weighted by Gasteiger charge is -2.05. The maximum Gasteiger partial charge on any atom is 0.339 e. The summed E-state index contributed by atoms with van der Waals surface area (Å²) in [5.74, 6) is -1.65. The molecule has 21 heavy (non-hydrogen) atoms. The average molecular weight is 282 g/mol. The predicted molar refractivity (Wildman–Crippen MR) is 80.2 cm³/mol. The number of nitrogen functional groups attached to an aromatic ring is 1.